The van der Waals surface area contributed by atoms with Crippen molar-refractivity contribution in [3.63, 3.8) is 0 Å². The predicted molar refractivity (Wildman–Crippen MR) is 115 cm³/mol. The molecule has 3 aromatic rings. The molecule has 0 saturated carbocycles. The number of hydrogen-bond acceptors (Lipinski definition) is 7. The van der Waals surface area contributed by atoms with Gasteiger partial charge in [0.15, 0.2) is 17.3 Å². The Morgan fingerprint density at radius 3 is 2.76 bits per heavy atom. The van der Waals surface area contributed by atoms with Gasteiger partial charge in [-0.2, -0.15) is 0 Å². The summed E-state index contributed by atoms with van der Waals surface area (Å²) in [5.41, 5.74) is 1.46. The van der Waals surface area contributed by atoms with Crippen LogP contribution in [0.15, 0.2) is 52.1 Å². The summed E-state index contributed by atoms with van der Waals surface area (Å²) in [5.74, 6) is 7.79. The van der Waals surface area contributed by atoms with E-state index >= 15 is 0 Å². The van der Waals surface area contributed by atoms with Gasteiger partial charge in [0.05, 0.1) is 5.25 Å². The fourth-order valence-corrected chi connectivity index (χ4v) is 3.99. The SMILES string of the molecule is CC(Sc1nnc(-c2ccccc2Br)n1N)C(=O)Nc1ccc2c(c1)OCCO2. The maximum atomic E-state index is 12.6. The largest absolute Gasteiger partial charge is 0.486 e. The summed E-state index contributed by atoms with van der Waals surface area (Å²) >= 11 is 4.72. The summed E-state index contributed by atoms with van der Waals surface area (Å²) in [5, 5.41) is 11.2. The minimum atomic E-state index is -0.443. The molecule has 1 atom stereocenters. The zero-order valence-electron chi connectivity index (χ0n) is 15.5. The molecule has 0 fully saturated rings. The van der Waals surface area contributed by atoms with Gasteiger partial charge in [0.1, 0.15) is 13.2 Å². The van der Waals surface area contributed by atoms with E-state index in [9.17, 15) is 4.79 Å². The number of aromatic nitrogens is 3. The molecule has 150 valence electrons. The van der Waals surface area contributed by atoms with Crippen LogP contribution in [0.5, 0.6) is 11.5 Å². The van der Waals surface area contributed by atoms with Crippen molar-refractivity contribution in [2.75, 3.05) is 24.4 Å². The van der Waals surface area contributed by atoms with Crippen LogP contribution in [0.4, 0.5) is 5.69 Å². The topological polar surface area (TPSA) is 104 Å². The predicted octanol–water partition coefficient (Wildman–Crippen LogP) is 3.31. The number of anilines is 1. The van der Waals surface area contributed by atoms with Crippen LogP contribution < -0.4 is 20.6 Å². The number of rotatable bonds is 5. The second kappa shape index (κ2) is 8.34. The lowest BCUT2D eigenvalue weighted by Crippen LogP contribution is -2.24. The normalized spacial score (nSPS) is 13.7. The van der Waals surface area contributed by atoms with Crippen LogP contribution in [0.2, 0.25) is 0 Å². The Hall–Kier alpha value is -2.72. The van der Waals surface area contributed by atoms with E-state index in [-0.39, 0.29) is 5.91 Å². The minimum Gasteiger partial charge on any atom is -0.486 e. The molecule has 1 aliphatic rings. The molecule has 3 N–H and O–H groups in total. The average Bonchev–Trinajstić information content (AvgIpc) is 3.08. The number of nitrogen functional groups attached to an aromatic ring is 1. The zero-order valence-corrected chi connectivity index (χ0v) is 17.9. The average molecular weight is 476 g/mol. The summed E-state index contributed by atoms with van der Waals surface area (Å²) in [4.78, 5) is 12.6. The van der Waals surface area contributed by atoms with Gasteiger partial charge in [0.25, 0.3) is 0 Å². The van der Waals surface area contributed by atoms with Crippen molar-refractivity contribution in [3.8, 4) is 22.9 Å². The van der Waals surface area contributed by atoms with E-state index in [2.05, 4.69) is 31.4 Å². The quantitative estimate of drug-likeness (QED) is 0.430. The number of thioether (sulfide) groups is 1. The van der Waals surface area contributed by atoms with Gasteiger partial charge in [0, 0.05) is 21.8 Å². The second-order valence-corrected chi connectivity index (χ2v) is 8.43. The molecule has 8 nitrogen and oxygen atoms in total. The highest BCUT2D eigenvalue weighted by Crippen LogP contribution is 2.33. The van der Waals surface area contributed by atoms with Crippen LogP contribution in [0.25, 0.3) is 11.4 Å². The summed E-state index contributed by atoms with van der Waals surface area (Å²) < 4.78 is 13.3. The lowest BCUT2D eigenvalue weighted by molar-refractivity contribution is -0.115. The second-order valence-electron chi connectivity index (χ2n) is 6.26. The van der Waals surface area contributed by atoms with Gasteiger partial charge in [-0.05, 0) is 31.2 Å². The third-order valence-corrected chi connectivity index (χ3v) is 5.99. The first-order valence-corrected chi connectivity index (χ1v) is 10.5. The van der Waals surface area contributed by atoms with E-state index in [4.69, 9.17) is 15.3 Å². The number of carbonyl (C=O) groups is 1. The van der Waals surface area contributed by atoms with Crippen molar-refractivity contribution in [2.24, 2.45) is 0 Å². The van der Waals surface area contributed by atoms with Gasteiger partial charge < -0.3 is 20.6 Å². The van der Waals surface area contributed by atoms with Crippen molar-refractivity contribution < 1.29 is 14.3 Å². The number of nitrogens with zero attached hydrogens (tertiary/aromatic N) is 3. The molecule has 2 heterocycles. The van der Waals surface area contributed by atoms with Crippen LogP contribution in [-0.2, 0) is 4.79 Å². The first kappa shape index (κ1) is 19.6. The van der Waals surface area contributed by atoms with Gasteiger partial charge in [-0.1, -0.05) is 39.8 Å². The number of hydrogen-bond donors (Lipinski definition) is 2. The number of halogens is 1. The maximum absolute atomic E-state index is 12.6. The highest BCUT2D eigenvalue weighted by molar-refractivity contribution is 9.10. The first-order valence-electron chi connectivity index (χ1n) is 8.85. The van der Waals surface area contributed by atoms with Gasteiger partial charge in [-0.3, -0.25) is 4.79 Å². The van der Waals surface area contributed by atoms with Gasteiger partial charge in [-0.15, -0.1) is 10.2 Å². The molecule has 0 radical (unpaired) electrons. The molecule has 1 aromatic heterocycles. The number of ether oxygens (including phenoxy) is 2. The Kier molecular flexibility index (Phi) is 5.63. The van der Waals surface area contributed by atoms with Crippen molar-refractivity contribution in [1.82, 2.24) is 14.9 Å². The molecule has 2 aromatic carbocycles. The van der Waals surface area contributed by atoms with E-state index in [1.807, 2.05) is 24.3 Å². The molecule has 10 heteroatoms. The molecular weight excluding hydrogens is 458 g/mol. The van der Waals surface area contributed by atoms with Gasteiger partial charge in [0.2, 0.25) is 11.1 Å². The van der Waals surface area contributed by atoms with Gasteiger partial charge >= 0.3 is 0 Å². The van der Waals surface area contributed by atoms with Crippen molar-refractivity contribution in [3.05, 3.63) is 46.9 Å². The number of amides is 1. The fourth-order valence-electron chi connectivity index (χ4n) is 2.76. The third kappa shape index (κ3) is 4.18. The Balaban J connectivity index is 1.45. The lowest BCUT2D eigenvalue weighted by Gasteiger charge is -2.19. The van der Waals surface area contributed by atoms with Gasteiger partial charge in [-0.25, -0.2) is 4.68 Å². The van der Waals surface area contributed by atoms with E-state index in [1.54, 1.807) is 25.1 Å². The molecule has 0 bridgehead atoms. The van der Waals surface area contributed by atoms with Crippen LogP contribution >= 0.6 is 27.7 Å². The number of benzene rings is 2. The fraction of sp³-hybridized carbons (Fsp3) is 0.211. The smallest absolute Gasteiger partial charge is 0.237 e. The number of nitrogens with one attached hydrogen (secondary N) is 1. The van der Waals surface area contributed by atoms with Crippen LogP contribution in [0, 0.1) is 0 Å². The molecule has 29 heavy (non-hydrogen) atoms. The number of carbonyl (C=O) groups excluding carboxylic acids is 1. The summed E-state index contributed by atoms with van der Waals surface area (Å²) in [6, 6.07) is 12.9. The Bertz CT molecular complexity index is 1060. The Morgan fingerprint density at radius 1 is 1.21 bits per heavy atom. The van der Waals surface area contributed by atoms with Crippen LogP contribution in [0.1, 0.15) is 6.92 Å². The highest BCUT2D eigenvalue weighted by Gasteiger charge is 2.21. The van der Waals surface area contributed by atoms with E-state index < -0.39 is 5.25 Å². The number of nitrogens with two attached hydrogens (primary N) is 1. The number of fused-ring (bicyclic) bond motifs is 1. The standard InChI is InChI=1S/C19H18BrN5O3S/c1-11(18(26)22-12-6-7-15-16(10-12)28-9-8-27-15)29-19-24-23-17(25(19)21)13-4-2-3-5-14(13)20/h2-7,10-11H,8-9,21H2,1H3,(H,22,26). The lowest BCUT2D eigenvalue weighted by atomic mass is 10.2. The van der Waals surface area contributed by atoms with Crippen molar-refractivity contribution >= 4 is 39.3 Å². The molecular formula is C19H18BrN5O3S. The molecule has 0 spiro atoms. The van der Waals surface area contributed by atoms with Crippen LogP contribution in [0.3, 0.4) is 0 Å². The maximum Gasteiger partial charge on any atom is 0.237 e. The Morgan fingerprint density at radius 2 is 1.97 bits per heavy atom. The van der Waals surface area contributed by atoms with Crippen LogP contribution in [-0.4, -0.2) is 39.2 Å². The highest BCUT2D eigenvalue weighted by atomic mass is 79.9. The molecule has 4 rings (SSSR count). The van der Waals surface area contributed by atoms with Crippen molar-refractivity contribution in [2.45, 2.75) is 17.3 Å². The summed E-state index contributed by atoms with van der Waals surface area (Å²) in [6.45, 7) is 2.79. The molecule has 0 saturated heterocycles. The first-order chi connectivity index (χ1) is 14.0. The summed E-state index contributed by atoms with van der Waals surface area (Å²) in [6.07, 6.45) is 0. The molecule has 1 unspecified atom stereocenters. The Labute approximate surface area is 179 Å². The van der Waals surface area contributed by atoms with E-state index in [0.717, 1.165) is 10.0 Å². The molecule has 0 aliphatic carbocycles. The molecule has 1 aliphatic heterocycles. The van der Waals surface area contributed by atoms with Crippen molar-refractivity contribution in [1.29, 1.82) is 0 Å². The molecule has 1 amide bonds. The van der Waals surface area contributed by atoms with E-state index in [0.29, 0.717) is 41.4 Å². The zero-order chi connectivity index (χ0) is 20.4. The van der Waals surface area contributed by atoms with E-state index in [1.165, 1.54) is 16.4 Å². The summed E-state index contributed by atoms with van der Waals surface area (Å²) in [7, 11) is 0. The minimum absolute atomic E-state index is 0.183. The third-order valence-electron chi connectivity index (χ3n) is 4.24. The monoisotopic (exact) mass is 475 g/mol.